The summed E-state index contributed by atoms with van der Waals surface area (Å²) >= 11 is 0. The molecule has 140 valence electrons. The summed E-state index contributed by atoms with van der Waals surface area (Å²) in [5.74, 6) is 1.53. The van der Waals surface area contributed by atoms with Crippen molar-refractivity contribution in [1.82, 2.24) is 20.3 Å². The molecule has 0 saturated carbocycles. The van der Waals surface area contributed by atoms with Gasteiger partial charge in [-0.15, -0.1) is 0 Å². The predicted octanol–water partition coefficient (Wildman–Crippen LogP) is 3.29. The highest BCUT2D eigenvalue weighted by atomic mass is 16.5. The maximum Gasteiger partial charge on any atom is 0.227 e. The summed E-state index contributed by atoms with van der Waals surface area (Å²) in [6.45, 7) is 2.62. The van der Waals surface area contributed by atoms with Gasteiger partial charge in [-0.05, 0) is 37.5 Å². The number of aromatic amines is 1. The van der Waals surface area contributed by atoms with Crippen LogP contribution in [0.25, 0.3) is 11.3 Å². The molecule has 1 unspecified atom stereocenters. The largest absolute Gasteiger partial charge is 0.497 e. The summed E-state index contributed by atoms with van der Waals surface area (Å²) < 4.78 is 10.7. The SMILES string of the molecule is COc1cccc(CC(=O)N2CCCC2c2[nH]ncc2-c2cc(C)no2)c1. The number of methoxy groups -OCH3 is 1. The lowest BCUT2D eigenvalue weighted by Crippen LogP contribution is -2.32. The third-order valence-electron chi connectivity index (χ3n) is 4.96. The van der Waals surface area contributed by atoms with Crippen molar-refractivity contribution in [2.45, 2.75) is 32.2 Å². The van der Waals surface area contributed by atoms with Crippen LogP contribution < -0.4 is 4.74 Å². The number of likely N-dealkylation sites (tertiary alicyclic amines) is 1. The molecular formula is C20H22N4O3. The van der Waals surface area contributed by atoms with E-state index in [1.807, 2.05) is 42.2 Å². The van der Waals surface area contributed by atoms with E-state index in [1.165, 1.54) is 0 Å². The maximum absolute atomic E-state index is 13.0. The molecule has 1 aliphatic heterocycles. The van der Waals surface area contributed by atoms with Crippen molar-refractivity contribution >= 4 is 5.91 Å². The fourth-order valence-electron chi connectivity index (χ4n) is 3.66. The molecule has 3 aromatic rings. The standard InChI is InChI=1S/C20H22N4O3/c1-13-9-18(27-23-13)16-12-21-22-20(16)17-7-4-8-24(17)19(25)11-14-5-3-6-15(10-14)26-2/h3,5-6,9-10,12,17H,4,7-8,11H2,1-2H3,(H,21,22). The molecule has 1 saturated heterocycles. The first-order valence-electron chi connectivity index (χ1n) is 9.05. The van der Waals surface area contributed by atoms with Crippen LogP contribution in [-0.2, 0) is 11.2 Å². The number of nitrogens with one attached hydrogen (secondary N) is 1. The normalized spacial score (nSPS) is 16.7. The van der Waals surface area contributed by atoms with Gasteiger partial charge >= 0.3 is 0 Å². The molecular weight excluding hydrogens is 344 g/mol. The molecule has 1 atom stereocenters. The van der Waals surface area contributed by atoms with E-state index in [0.717, 1.165) is 47.7 Å². The summed E-state index contributed by atoms with van der Waals surface area (Å²) in [5.41, 5.74) is 3.53. The lowest BCUT2D eigenvalue weighted by Gasteiger charge is -2.24. The van der Waals surface area contributed by atoms with Crippen LogP contribution in [0.1, 0.15) is 35.8 Å². The second-order valence-electron chi connectivity index (χ2n) is 6.80. The molecule has 0 spiro atoms. The van der Waals surface area contributed by atoms with Crippen molar-refractivity contribution in [3.63, 3.8) is 0 Å². The highest BCUT2D eigenvalue weighted by Gasteiger charge is 2.33. The highest BCUT2D eigenvalue weighted by molar-refractivity contribution is 5.80. The van der Waals surface area contributed by atoms with E-state index in [0.29, 0.717) is 12.2 Å². The summed E-state index contributed by atoms with van der Waals surface area (Å²) in [6, 6.07) is 9.48. The Morgan fingerprint density at radius 2 is 2.30 bits per heavy atom. The number of aromatic nitrogens is 3. The molecule has 27 heavy (non-hydrogen) atoms. The van der Waals surface area contributed by atoms with Crippen LogP contribution in [0.4, 0.5) is 0 Å². The quantitative estimate of drug-likeness (QED) is 0.749. The van der Waals surface area contributed by atoms with E-state index in [4.69, 9.17) is 9.26 Å². The topological polar surface area (TPSA) is 84.2 Å². The predicted molar refractivity (Wildman–Crippen MR) is 99.2 cm³/mol. The number of benzene rings is 1. The minimum atomic E-state index is -0.0361. The Kier molecular flexibility index (Phi) is 4.66. The fraction of sp³-hybridized carbons (Fsp3) is 0.350. The van der Waals surface area contributed by atoms with E-state index in [1.54, 1.807) is 13.3 Å². The van der Waals surface area contributed by atoms with Crippen molar-refractivity contribution in [3.8, 4) is 17.1 Å². The monoisotopic (exact) mass is 366 g/mol. The first kappa shape index (κ1) is 17.3. The van der Waals surface area contributed by atoms with Gasteiger partial charge < -0.3 is 14.2 Å². The number of rotatable bonds is 5. The van der Waals surface area contributed by atoms with Gasteiger partial charge in [-0.3, -0.25) is 9.89 Å². The molecule has 1 N–H and O–H groups in total. The Labute approximate surface area is 157 Å². The molecule has 7 heteroatoms. The van der Waals surface area contributed by atoms with Gasteiger partial charge in [0.05, 0.1) is 42.7 Å². The first-order valence-corrected chi connectivity index (χ1v) is 9.05. The maximum atomic E-state index is 13.0. The van der Waals surface area contributed by atoms with Gasteiger partial charge in [0.1, 0.15) is 5.75 Å². The van der Waals surface area contributed by atoms with Crippen molar-refractivity contribution in [2.24, 2.45) is 0 Å². The Morgan fingerprint density at radius 1 is 1.41 bits per heavy atom. The molecule has 2 aromatic heterocycles. The Bertz CT molecular complexity index is 946. The molecule has 7 nitrogen and oxygen atoms in total. The molecule has 0 bridgehead atoms. The average molecular weight is 366 g/mol. The zero-order valence-electron chi connectivity index (χ0n) is 15.4. The van der Waals surface area contributed by atoms with Crippen molar-refractivity contribution < 1.29 is 14.1 Å². The first-order chi connectivity index (χ1) is 13.2. The molecule has 0 radical (unpaired) electrons. The van der Waals surface area contributed by atoms with Crippen molar-refractivity contribution in [2.75, 3.05) is 13.7 Å². The number of amides is 1. The second kappa shape index (κ2) is 7.26. The number of ether oxygens (including phenoxy) is 1. The number of H-pyrrole nitrogens is 1. The van der Waals surface area contributed by atoms with Crippen LogP contribution in [0.5, 0.6) is 5.75 Å². The van der Waals surface area contributed by atoms with E-state index in [-0.39, 0.29) is 11.9 Å². The van der Waals surface area contributed by atoms with Gasteiger partial charge in [0.15, 0.2) is 5.76 Å². The van der Waals surface area contributed by atoms with Gasteiger partial charge in [0.2, 0.25) is 5.91 Å². The highest BCUT2D eigenvalue weighted by Crippen LogP contribution is 2.37. The van der Waals surface area contributed by atoms with Crippen LogP contribution in [0.3, 0.4) is 0 Å². The summed E-state index contributed by atoms with van der Waals surface area (Å²) in [4.78, 5) is 14.9. The second-order valence-corrected chi connectivity index (χ2v) is 6.80. The van der Waals surface area contributed by atoms with Crippen molar-refractivity contribution in [1.29, 1.82) is 0 Å². The third-order valence-corrected chi connectivity index (χ3v) is 4.96. The lowest BCUT2D eigenvalue weighted by molar-refractivity contribution is -0.131. The molecule has 1 fully saturated rings. The molecule has 0 aliphatic carbocycles. The Balaban J connectivity index is 1.56. The van der Waals surface area contributed by atoms with Crippen LogP contribution in [0, 0.1) is 6.92 Å². The fourth-order valence-corrected chi connectivity index (χ4v) is 3.66. The van der Waals surface area contributed by atoms with Gasteiger partial charge in [0.25, 0.3) is 0 Å². The van der Waals surface area contributed by atoms with Crippen LogP contribution >= 0.6 is 0 Å². The molecule has 1 aliphatic rings. The third kappa shape index (κ3) is 3.45. The lowest BCUT2D eigenvalue weighted by atomic mass is 10.0. The van der Waals surface area contributed by atoms with Gasteiger partial charge in [-0.2, -0.15) is 5.10 Å². The summed E-state index contributed by atoms with van der Waals surface area (Å²) in [7, 11) is 1.63. The number of nitrogens with zero attached hydrogens (tertiary/aromatic N) is 3. The number of carbonyl (C=O) groups excluding carboxylic acids is 1. The van der Waals surface area contributed by atoms with Crippen molar-refractivity contribution in [3.05, 3.63) is 53.5 Å². The van der Waals surface area contributed by atoms with E-state index < -0.39 is 0 Å². The smallest absolute Gasteiger partial charge is 0.227 e. The molecule has 4 rings (SSSR count). The summed E-state index contributed by atoms with van der Waals surface area (Å²) in [6.07, 6.45) is 3.94. The molecule has 3 heterocycles. The Morgan fingerprint density at radius 3 is 3.07 bits per heavy atom. The molecule has 1 aromatic carbocycles. The minimum absolute atomic E-state index is 0.0361. The number of hydrogen-bond donors (Lipinski definition) is 1. The van der Waals surface area contributed by atoms with Gasteiger partial charge in [-0.1, -0.05) is 17.3 Å². The molecule has 1 amide bonds. The Hall–Kier alpha value is -3.09. The average Bonchev–Trinajstić information content (AvgIpc) is 3.41. The van der Waals surface area contributed by atoms with Crippen LogP contribution in [-0.4, -0.2) is 39.8 Å². The number of aryl methyl sites for hydroxylation is 1. The van der Waals surface area contributed by atoms with E-state index >= 15 is 0 Å². The van der Waals surface area contributed by atoms with Crippen LogP contribution in [0.15, 0.2) is 41.1 Å². The summed E-state index contributed by atoms with van der Waals surface area (Å²) in [5, 5.41) is 11.2. The van der Waals surface area contributed by atoms with Gasteiger partial charge in [-0.25, -0.2) is 0 Å². The van der Waals surface area contributed by atoms with Crippen LogP contribution in [0.2, 0.25) is 0 Å². The zero-order valence-corrected chi connectivity index (χ0v) is 15.4. The minimum Gasteiger partial charge on any atom is -0.497 e. The zero-order chi connectivity index (χ0) is 18.8. The van der Waals surface area contributed by atoms with E-state index in [9.17, 15) is 4.79 Å². The van der Waals surface area contributed by atoms with Gasteiger partial charge in [0, 0.05) is 12.6 Å². The van der Waals surface area contributed by atoms with E-state index in [2.05, 4.69) is 15.4 Å². The number of carbonyl (C=O) groups is 1. The number of hydrogen-bond acceptors (Lipinski definition) is 5.